The van der Waals surface area contributed by atoms with Crippen LogP contribution >= 0.6 is 0 Å². The van der Waals surface area contributed by atoms with E-state index in [2.05, 4.69) is 74.7 Å². The first-order valence-corrected chi connectivity index (χ1v) is 28.4. The van der Waals surface area contributed by atoms with Crippen molar-refractivity contribution in [3.63, 3.8) is 0 Å². The van der Waals surface area contributed by atoms with E-state index in [4.69, 9.17) is 4.74 Å². The zero-order valence-corrected chi connectivity index (χ0v) is 43.4. The highest BCUT2D eigenvalue weighted by molar-refractivity contribution is 5.77. The number of allylic oxidation sites excluding steroid dienone is 8. The Balaban J connectivity index is 4.58. The Kier molecular flexibility index (Phi) is 51.0. The van der Waals surface area contributed by atoms with E-state index >= 15 is 0 Å². The maximum Gasteiger partial charge on any atom is 0.306 e. The smallest absolute Gasteiger partial charge is 0.306 e. The van der Waals surface area contributed by atoms with Crippen LogP contribution < -0.4 is 5.32 Å². The van der Waals surface area contributed by atoms with Crippen LogP contribution in [0.25, 0.3) is 0 Å². The number of ether oxygens (including phenoxy) is 1. The Morgan fingerprint density at radius 2 is 0.785 bits per heavy atom. The molecule has 0 aliphatic carbocycles. The third-order valence-electron chi connectivity index (χ3n) is 12.9. The fourth-order valence-corrected chi connectivity index (χ4v) is 8.55. The quantitative estimate of drug-likeness (QED) is 0.0321. The molecule has 3 unspecified atom stereocenters. The minimum Gasteiger partial charge on any atom is -0.462 e. The van der Waals surface area contributed by atoms with Crippen LogP contribution in [0.5, 0.6) is 0 Å². The number of hydrogen-bond donors (Lipinski definition) is 3. The molecule has 0 fully saturated rings. The van der Waals surface area contributed by atoms with Gasteiger partial charge in [0.2, 0.25) is 5.91 Å². The lowest BCUT2D eigenvalue weighted by Crippen LogP contribution is -2.46. The molecular weight excluding hydrogens is 803 g/mol. The molecule has 0 aromatic carbocycles. The monoisotopic (exact) mass is 912 g/mol. The van der Waals surface area contributed by atoms with Gasteiger partial charge in [0.25, 0.3) is 0 Å². The molecule has 0 aliphatic rings. The van der Waals surface area contributed by atoms with Crippen molar-refractivity contribution >= 4 is 11.9 Å². The molecule has 380 valence electrons. The van der Waals surface area contributed by atoms with Crippen LogP contribution in [-0.4, -0.2) is 46.9 Å². The first-order chi connectivity index (χ1) is 32.0. The number of aliphatic hydroxyl groups excluding tert-OH is 2. The number of esters is 1. The number of unbranched alkanes of at least 4 members (excludes halogenated alkanes) is 31. The fourth-order valence-electron chi connectivity index (χ4n) is 8.55. The Hall–Kier alpha value is -2.18. The highest BCUT2D eigenvalue weighted by Gasteiger charge is 2.24. The lowest BCUT2D eigenvalue weighted by molar-refractivity contribution is -0.151. The molecule has 0 saturated carbocycles. The molecule has 6 nitrogen and oxygen atoms in total. The Labute approximate surface area is 404 Å². The van der Waals surface area contributed by atoms with Gasteiger partial charge in [0, 0.05) is 6.42 Å². The van der Waals surface area contributed by atoms with E-state index in [0.29, 0.717) is 19.3 Å². The third-order valence-corrected chi connectivity index (χ3v) is 12.9. The van der Waals surface area contributed by atoms with Crippen LogP contribution in [0.1, 0.15) is 290 Å². The Morgan fingerprint density at radius 1 is 0.446 bits per heavy atom. The molecule has 0 aromatic heterocycles. The molecule has 0 saturated heterocycles. The minimum atomic E-state index is -0.798. The zero-order valence-electron chi connectivity index (χ0n) is 43.4. The molecule has 65 heavy (non-hydrogen) atoms. The molecule has 3 atom stereocenters. The van der Waals surface area contributed by atoms with Crippen molar-refractivity contribution in [1.82, 2.24) is 5.32 Å². The normalized spacial score (nSPS) is 13.5. The standard InChI is InChI=1S/C59H109NO5/c1-4-7-10-13-16-19-22-25-27-28-29-30-32-34-37-40-43-46-49-52-59(64)65-55(50-47-44-41-38-35-33-31-26-23-20-17-14-11-8-5-2)53-58(63)60-56(54-61)57(62)51-48-45-42-39-36-24-21-18-15-12-9-6-3/h17,20,25-27,31,35,38,55-57,61-62H,4-16,18-19,21-24,28-30,32-34,36-37,39-54H2,1-3H3,(H,60,63)/b20-17-,27-25+,31-26-,38-35-. The van der Waals surface area contributed by atoms with Crippen LogP contribution in [0.2, 0.25) is 0 Å². The number of amides is 1. The maximum atomic E-state index is 13.2. The summed E-state index contributed by atoms with van der Waals surface area (Å²) >= 11 is 0. The number of nitrogens with one attached hydrogen (secondary N) is 1. The topological polar surface area (TPSA) is 95.9 Å². The van der Waals surface area contributed by atoms with Gasteiger partial charge in [0.15, 0.2) is 0 Å². The summed E-state index contributed by atoms with van der Waals surface area (Å²) in [6.07, 6.45) is 64.6. The van der Waals surface area contributed by atoms with Crippen molar-refractivity contribution in [3.8, 4) is 0 Å². The summed E-state index contributed by atoms with van der Waals surface area (Å²) in [5.41, 5.74) is 0. The van der Waals surface area contributed by atoms with Gasteiger partial charge in [-0.15, -0.1) is 0 Å². The Morgan fingerprint density at radius 3 is 1.25 bits per heavy atom. The molecule has 0 aromatic rings. The highest BCUT2D eigenvalue weighted by Crippen LogP contribution is 2.18. The summed E-state index contributed by atoms with van der Waals surface area (Å²) in [6.45, 7) is 6.46. The van der Waals surface area contributed by atoms with Crippen molar-refractivity contribution in [1.29, 1.82) is 0 Å². The number of carbonyl (C=O) groups is 2. The van der Waals surface area contributed by atoms with E-state index < -0.39 is 18.2 Å². The van der Waals surface area contributed by atoms with Gasteiger partial charge in [0.1, 0.15) is 6.10 Å². The van der Waals surface area contributed by atoms with Crippen molar-refractivity contribution in [3.05, 3.63) is 48.6 Å². The summed E-state index contributed by atoms with van der Waals surface area (Å²) in [5, 5.41) is 23.8. The first kappa shape index (κ1) is 62.8. The molecule has 6 heteroatoms. The molecule has 0 radical (unpaired) electrons. The number of carbonyl (C=O) groups excluding carboxylic acids is 2. The number of aliphatic hydroxyl groups is 2. The van der Waals surface area contributed by atoms with Crippen molar-refractivity contribution in [2.24, 2.45) is 0 Å². The predicted octanol–water partition coefficient (Wildman–Crippen LogP) is 17.4. The van der Waals surface area contributed by atoms with E-state index in [9.17, 15) is 19.8 Å². The summed E-state index contributed by atoms with van der Waals surface area (Å²) in [5.74, 6) is -0.505. The van der Waals surface area contributed by atoms with Crippen molar-refractivity contribution < 1.29 is 24.5 Å². The summed E-state index contributed by atoms with van der Waals surface area (Å²) in [4.78, 5) is 26.2. The van der Waals surface area contributed by atoms with E-state index in [1.807, 2.05) is 0 Å². The molecule has 0 spiro atoms. The average molecular weight is 913 g/mol. The van der Waals surface area contributed by atoms with Crippen molar-refractivity contribution in [2.45, 2.75) is 309 Å². The predicted molar refractivity (Wildman–Crippen MR) is 282 cm³/mol. The third kappa shape index (κ3) is 48.1. The first-order valence-electron chi connectivity index (χ1n) is 28.4. The van der Waals surface area contributed by atoms with Crippen LogP contribution in [0.15, 0.2) is 48.6 Å². The zero-order chi connectivity index (χ0) is 47.4. The highest BCUT2D eigenvalue weighted by atomic mass is 16.5. The van der Waals surface area contributed by atoms with Crippen LogP contribution in [0.4, 0.5) is 0 Å². The van der Waals surface area contributed by atoms with Gasteiger partial charge < -0.3 is 20.3 Å². The van der Waals surface area contributed by atoms with Crippen LogP contribution in [0.3, 0.4) is 0 Å². The lowest BCUT2D eigenvalue weighted by atomic mass is 10.0. The van der Waals surface area contributed by atoms with Crippen LogP contribution in [0, 0.1) is 0 Å². The molecule has 0 rings (SSSR count). The maximum absolute atomic E-state index is 13.2. The summed E-state index contributed by atoms with van der Waals surface area (Å²) in [7, 11) is 0. The second-order valence-electron chi connectivity index (χ2n) is 19.3. The van der Waals surface area contributed by atoms with Gasteiger partial charge in [-0.2, -0.15) is 0 Å². The SMILES string of the molecule is CCCCC/C=C\C/C=C\C/C=C\CCCCC(CC(=O)NC(CO)C(O)CCCCCCCCCCCCCC)OC(=O)CCCCCCCCCCC/C=C/CCCCCCCC. The van der Waals surface area contributed by atoms with E-state index in [1.54, 1.807) is 0 Å². The van der Waals surface area contributed by atoms with Gasteiger partial charge in [-0.3, -0.25) is 9.59 Å². The van der Waals surface area contributed by atoms with Gasteiger partial charge in [-0.05, 0) is 89.9 Å². The van der Waals surface area contributed by atoms with E-state index in [1.165, 1.54) is 173 Å². The molecule has 3 N–H and O–H groups in total. The molecule has 0 aliphatic heterocycles. The average Bonchev–Trinajstić information content (AvgIpc) is 3.30. The number of rotatable bonds is 51. The second-order valence-corrected chi connectivity index (χ2v) is 19.3. The summed E-state index contributed by atoms with van der Waals surface area (Å²) < 4.78 is 5.94. The van der Waals surface area contributed by atoms with Gasteiger partial charge >= 0.3 is 5.97 Å². The molecular formula is C59H109NO5. The fraction of sp³-hybridized carbons (Fsp3) is 0.831. The number of hydrogen-bond acceptors (Lipinski definition) is 5. The van der Waals surface area contributed by atoms with Gasteiger partial charge in [0.05, 0.1) is 25.2 Å². The Bertz CT molecular complexity index is 1110. The minimum absolute atomic E-state index is 0.0523. The van der Waals surface area contributed by atoms with E-state index in [-0.39, 0.29) is 24.9 Å². The van der Waals surface area contributed by atoms with Crippen LogP contribution in [-0.2, 0) is 14.3 Å². The van der Waals surface area contributed by atoms with Gasteiger partial charge in [-0.1, -0.05) is 236 Å². The van der Waals surface area contributed by atoms with Gasteiger partial charge in [-0.25, -0.2) is 0 Å². The molecule has 0 heterocycles. The molecule has 1 amide bonds. The largest absolute Gasteiger partial charge is 0.462 e. The van der Waals surface area contributed by atoms with E-state index in [0.717, 1.165) is 70.6 Å². The lowest BCUT2D eigenvalue weighted by Gasteiger charge is -2.24. The summed E-state index contributed by atoms with van der Waals surface area (Å²) in [6, 6.07) is -0.714. The van der Waals surface area contributed by atoms with Crippen molar-refractivity contribution in [2.75, 3.05) is 6.61 Å². The molecule has 0 bridgehead atoms. The second kappa shape index (κ2) is 52.8.